The van der Waals surface area contributed by atoms with Crippen molar-refractivity contribution in [2.24, 2.45) is 0 Å². The van der Waals surface area contributed by atoms with Gasteiger partial charge < -0.3 is 10.1 Å². The average molecular weight is 393 g/mol. The molecule has 2 aromatic carbocycles. The molecule has 3 rings (SSSR count). The third kappa shape index (κ3) is 4.95. The molecular formula is C21H19N3O3S. The lowest BCUT2D eigenvalue weighted by atomic mass is 10.1. The van der Waals surface area contributed by atoms with Gasteiger partial charge in [0.05, 0.1) is 18.6 Å². The summed E-state index contributed by atoms with van der Waals surface area (Å²) < 4.78 is 5.34. The molecule has 0 fully saturated rings. The summed E-state index contributed by atoms with van der Waals surface area (Å²) in [6.07, 6.45) is 0. The topological polar surface area (TPSA) is 81.2 Å². The van der Waals surface area contributed by atoms with E-state index in [0.717, 1.165) is 11.3 Å². The number of benzene rings is 2. The number of amides is 1. The highest BCUT2D eigenvalue weighted by Crippen LogP contribution is 2.28. The number of carbonyl (C=O) groups is 2. The van der Waals surface area contributed by atoms with Crippen LogP contribution in [0.25, 0.3) is 11.3 Å². The number of rotatable bonds is 7. The monoisotopic (exact) mass is 393 g/mol. The first kappa shape index (κ1) is 19.6. The Hall–Kier alpha value is -3.19. The second-order valence-electron chi connectivity index (χ2n) is 5.93. The molecule has 0 aliphatic rings. The van der Waals surface area contributed by atoms with Crippen LogP contribution in [0.15, 0.2) is 65.7 Å². The van der Waals surface area contributed by atoms with Crippen LogP contribution in [0, 0.1) is 0 Å². The maximum absolute atomic E-state index is 12.2. The van der Waals surface area contributed by atoms with Crippen molar-refractivity contribution in [1.29, 1.82) is 0 Å². The predicted molar refractivity (Wildman–Crippen MR) is 110 cm³/mol. The zero-order chi connectivity index (χ0) is 19.9. The number of Topliss-reactive ketones (excluding diaryl/α,β-unsaturated/α-hetero) is 1. The lowest BCUT2D eigenvalue weighted by molar-refractivity contribution is -0.113. The maximum Gasteiger partial charge on any atom is 0.234 e. The van der Waals surface area contributed by atoms with Crippen molar-refractivity contribution < 1.29 is 14.3 Å². The van der Waals surface area contributed by atoms with E-state index in [1.165, 1.54) is 18.7 Å². The number of thioether (sulfide) groups is 1. The Kier molecular flexibility index (Phi) is 6.39. The van der Waals surface area contributed by atoms with Gasteiger partial charge in [0.2, 0.25) is 5.91 Å². The molecule has 0 unspecified atom stereocenters. The normalized spacial score (nSPS) is 10.4. The number of carbonyl (C=O) groups excluding carboxylic acids is 2. The second-order valence-corrected chi connectivity index (χ2v) is 6.93. The van der Waals surface area contributed by atoms with Crippen molar-refractivity contribution in [3.8, 4) is 17.0 Å². The molecule has 1 heterocycles. The summed E-state index contributed by atoms with van der Waals surface area (Å²) in [6, 6.07) is 18.1. The van der Waals surface area contributed by atoms with Gasteiger partial charge in [0.25, 0.3) is 0 Å². The van der Waals surface area contributed by atoms with E-state index in [1.807, 2.05) is 36.4 Å². The number of nitrogens with one attached hydrogen (secondary N) is 1. The van der Waals surface area contributed by atoms with Gasteiger partial charge in [-0.05, 0) is 43.3 Å². The molecule has 0 aliphatic heterocycles. The Balaban J connectivity index is 1.60. The fraction of sp³-hybridized carbons (Fsp3) is 0.143. The molecule has 28 heavy (non-hydrogen) atoms. The SMILES string of the molecule is COc1ccccc1-c1ccc(SCC(=O)Nc2cccc(C(C)=O)c2)nn1. The average Bonchev–Trinajstić information content (AvgIpc) is 2.73. The Morgan fingerprint density at radius 2 is 1.86 bits per heavy atom. The third-order valence-electron chi connectivity index (χ3n) is 3.93. The lowest BCUT2D eigenvalue weighted by Gasteiger charge is -2.08. The molecule has 1 aromatic heterocycles. The van der Waals surface area contributed by atoms with Crippen LogP contribution in [-0.4, -0.2) is 34.8 Å². The summed E-state index contributed by atoms with van der Waals surface area (Å²) in [5.41, 5.74) is 2.71. The van der Waals surface area contributed by atoms with E-state index in [-0.39, 0.29) is 17.4 Å². The summed E-state index contributed by atoms with van der Waals surface area (Å²) >= 11 is 1.29. The summed E-state index contributed by atoms with van der Waals surface area (Å²) in [5.74, 6) is 0.689. The summed E-state index contributed by atoms with van der Waals surface area (Å²) in [4.78, 5) is 23.6. The van der Waals surface area contributed by atoms with Crippen molar-refractivity contribution in [2.75, 3.05) is 18.2 Å². The van der Waals surface area contributed by atoms with Gasteiger partial charge in [0.1, 0.15) is 10.8 Å². The van der Waals surface area contributed by atoms with Crippen LogP contribution in [0.5, 0.6) is 5.75 Å². The number of nitrogens with zero attached hydrogens (tertiary/aromatic N) is 2. The van der Waals surface area contributed by atoms with E-state index in [0.29, 0.717) is 22.0 Å². The van der Waals surface area contributed by atoms with Crippen molar-refractivity contribution in [2.45, 2.75) is 11.9 Å². The first-order valence-corrected chi connectivity index (χ1v) is 9.56. The molecule has 0 radical (unpaired) electrons. The quantitative estimate of drug-likeness (QED) is 0.481. The molecular weight excluding hydrogens is 374 g/mol. The van der Waals surface area contributed by atoms with E-state index in [1.54, 1.807) is 31.4 Å². The number of methoxy groups -OCH3 is 1. The third-order valence-corrected chi connectivity index (χ3v) is 4.85. The number of aromatic nitrogens is 2. The maximum atomic E-state index is 12.2. The minimum atomic E-state index is -0.179. The molecule has 0 saturated carbocycles. The van der Waals surface area contributed by atoms with Gasteiger partial charge in [0, 0.05) is 16.8 Å². The molecule has 142 valence electrons. The Labute approximate surface area is 167 Å². The molecule has 3 aromatic rings. The lowest BCUT2D eigenvalue weighted by Crippen LogP contribution is -2.14. The summed E-state index contributed by atoms with van der Waals surface area (Å²) in [6.45, 7) is 1.49. The van der Waals surface area contributed by atoms with Crippen LogP contribution >= 0.6 is 11.8 Å². The minimum Gasteiger partial charge on any atom is -0.496 e. The molecule has 6 nitrogen and oxygen atoms in total. The second kappa shape index (κ2) is 9.14. The number of hydrogen-bond acceptors (Lipinski definition) is 6. The standard InChI is InChI=1S/C21H19N3O3S/c1-14(25)15-6-5-7-16(12-15)22-20(26)13-28-21-11-10-18(23-24-21)17-8-3-4-9-19(17)27-2/h3-12H,13H2,1-2H3,(H,22,26). The number of anilines is 1. The zero-order valence-electron chi connectivity index (χ0n) is 15.5. The van der Waals surface area contributed by atoms with Crippen molar-refractivity contribution >= 4 is 29.1 Å². The summed E-state index contributed by atoms with van der Waals surface area (Å²) in [5, 5.41) is 11.8. The van der Waals surface area contributed by atoms with Crippen LogP contribution in [0.4, 0.5) is 5.69 Å². The highest BCUT2D eigenvalue weighted by Gasteiger charge is 2.09. The highest BCUT2D eigenvalue weighted by molar-refractivity contribution is 7.99. The fourth-order valence-electron chi connectivity index (χ4n) is 2.55. The van der Waals surface area contributed by atoms with Gasteiger partial charge in [-0.2, -0.15) is 0 Å². The van der Waals surface area contributed by atoms with Crippen molar-refractivity contribution in [3.63, 3.8) is 0 Å². The molecule has 1 N–H and O–H groups in total. The van der Waals surface area contributed by atoms with Gasteiger partial charge >= 0.3 is 0 Å². The molecule has 7 heteroatoms. The van der Waals surface area contributed by atoms with E-state index < -0.39 is 0 Å². The predicted octanol–water partition coefficient (Wildman–Crippen LogP) is 4.09. The van der Waals surface area contributed by atoms with Gasteiger partial charge in [-0.15, -0.1) is 10.2 Å². The Morgan fingerprint density at radius 1 is 1.04 bits per heavy atom. The van der Waals surface area contributed by atoms with Crippen LogP contribution in [0.1, 0.15) is 17.3 Å². The number of ether oxygens (including phenoxy) is 1. The number of hydrogen-bond donors (Lipinski definition) is 1. The van der Waals surface area contributed by atoms with Crippen LogP contribution < -0.4 is 10.1 Å². The zero-order valence-corrected chi connectivity index (χ0v) is 16.3. The molecule has 0 bridgehead atoms. The van der Waals surface area contributed by atoms with E-state index >= 15 is 0 Å². The molecule has 1 amide bonds. The number of para-hydroxylation sites is 1. The van der Waals surface area contributed by atoms with Crippen molar-refractivity contribution in [1.82, 2.24) is 10.2 Å². The van der Waals surface area contributed by atoms with Crippen LogP contribution in [-0.2, 0) is 4.79 Å². The van der Waals surface area contributed by atoms with Crippen LogP contribution in [0.2, 0.25) is 0 Å². The van der Waals surface area contributed by atoms with E-state index in [9.17, 15) is 9.59 Å². The van der Waals surface area contributed by atoms with Crippen molar-refractivity contribution in [3.05, 3.63) is 66.2 Å². The first-order valence-electron chi connectivity index (χ1n) is 8.57. The van der Waals surface area contributed by atoms with E-state index in [4.69, 9.17) is 4.74 Å². The van der Waals surface area contributed by atoms with Gasteiger partial charge in [-0.3, -0.25) is 9.59 Å². The summed E-state index contributed by atoms with van der Waals surface area (Å²) in [7, 11) is 1.61. The van der Waals surface area contributed by atoms with E-state index in [2.05, 4.69) is 15.5 Å². The highest BCUT2D eigenvalue weighted by atomic mass is 32.2. The van der Waals surface area contributed by atoms with Gasteiger partial charge in [0.15, 0.2) is 5.78 Å². The smallest absolute Gasteiger partial charge is 0.234 e. The van der Waals surface area contributed by atoms with Gasteiger partial charge in [-0.25, -0.2) is 0 Å². The first-order chi connectivity index (χ1) is 13.6. The molecule has 0 spiro atoms. The molecule has 0 atom stereocenters. The largest absolute Gasteiger partial charge is 0.496 e. The Morgan fingerprint density at radius 3 is 2.57 bits per heavy atom. The molecule has 0 saturated heterocycles. The Bertz CT molecular complexity index is 990. The number of ketones is 1. The van der Waals surface area contributed by atoms with Gasteiger partial charge in [-0.1, -0.05) is 36.0 Å². The van der Waals surface area contributed by atoms with Crippen LogP contribution in [0.3, 0.4) is 0 Å². The molecule has 0 aliphatic carbocycles. The minimum absolute atomic E-state index is 0.0455. The fourth-order valence-corrected chi connectivity index (χ4v) is 3.16.